The molecule has 0 bridgehead atoms. The van der Waals surface area contributed by atoms with Crippen molar-refractivity contribution in [1.82, 2.24) is 9.62 Å². The van der Waals surface area contributed by atoms with Gasteiger partial charge in [0.15, 0.2) is 0 Å². The second kappa shape index (κ2) is 10.6. The van der Waals surface area contributed by atoms with E-state index in [1.165, 1.54) is 28.6 Å². The van der Waals surface area contributed by atoms with E-state index in [9.17, 15) is 18.0 Å². The molecule has 0 atom stereocenters. The fraction of sp³-hybridized carbons (Fsp3) is 0.333. The molecule has 32 heavy (non-hydrogen) atoms. The first-order chi connectivity index (χ1) is 15.3. The van der Waals surface area contributed by atoms with Gasteiger partial charge in [0.25, 0.3) is 11.8 Å². The minimum absolute atomic E-state index is 0.0143. The van der Waals surface area contributed by atoms with Crippen LogP contribution < -0.4 is 10.6 Å². The van der Waals surface area contributed by atoms with Gasteiger partial charge in [0, 0.05) is 25.2 Å². The lowest BCUT2D eigenvalue weighted by Gasteiger charge is -2.30. The van der Waals surface area contributed by atoms with Crippen molar-refractivity contribution >= 4 is 27.5 Å². The summed E-state index contributed by atoms with van der Waals surface area (Å²) in [5.41, 5.74) is 0.995. The summed E-state index contributed by atoms with van der Waals surface area (Å²) in [6, 6.07) is 12.6. The first-order valence-corrected chi connectivity index (χ1v) is 12.2. The number of anilines is 1. The number of carbonyl (C=O) groups excluding carboxylic acids is 2. The average Bonchev–Trinajstić information content (AvgIpc) is 2.83. The van der Waals surface area contributed by atoms with Crippen LogP contribution in [0.5, 0.6) is 0 Å². The monoisotopic (exact) mass is 455 g/mol. The van der Waals surface area contributed by atoms with Crippen LogP contribution in [0, 0.1) is 0 Å². The molecular formula is C24H29N3O4S. The summed E-state index contributed by atoms with van der Waals surface area (Å²) < 4.78 is 27.4. The number of carbonyl (C=O) groups is 2. The number of para-hydroxylation sites is 1. The predicted molar refractivity (Wildman–Crippen MR) is 125 cm³/mol. The van der Waals surface area contributed by atoms with Crippen molar-refractivity contribution in [3.8, 4) is 0 Å². The maximum absolute atomic E-state index is 13.0. The van der Waals surface area contributed by atoms with Crippen LogP contribution in [0.1, 0.15) is 52.8 Å². The fourth-order valence-electron chi connectivity index (χ4n) is 3.83. The van der Waals surface area contributed by atoms with E-state index in [0.29, 0.717) is 23.4 Å². The zero-order valence-electron chi connectivity index (χ0n) is 18.2. The van der Waals surface area contributed by atoms with Crippen molar-refractivity contribution in [1.29, 1.82) is 0 Å². The van der Waals surface area contributed by atoms with E-state index in [4.69, 9.17) is 0 Å². The van der Waals surface area contributed by atoms with Gasteiger partial charge >= 0.3 is 0 Å². The molecule has 1 saturated carbocycles. The van der Waals surface area contributed by atoms with Crippen LogP contribution in [0.2, 0.25) is 0 Å². The van der Waals surface area contributed by atoms with Gasteiger partial charge in [-0.15, -0.1) is 6.58 Å². The normalized spacial score (nSPS) is 14.7. The number of nitrogens with one attached hydrogen (secondary N) is 2. The molecule has 2 N–H and O–H groups in total. The molecule has 0 unspecified atom stereocenters. The number of sulfonamides is 1. The summed E-state index contributed by atoms with van der Waals surface area (Å²) in [7, 11) is -2.00. The highest BCUT2D eigenvalue weighted by Crippen LogP contribution is 2.26. The largest absolute Gasteiger partial charge is 0.349 e. The second-order valence-corrected chi connectivity index (χ2v) is 9.83. The molecule has 0 spiro atoms. The number of rotatable bonds is 8. The van der Waals surface area contributed by atoms with Gasteiger partial charge in [0.05, 0.1) is 16.1 Å². The lowest BCUT2D eigenvalue weighted by molar-refractivity contribution is 0.0959. The number of hydrogen-bond acceptors (Lipinski definition) is 4. The maximum Gasteiger partial charge on any atom is 0.255 e. The Morgan fingerprint density at radius 3 is 2.34 bits per heavy atom. The first kappa shape index (κ1) is 23.7. The summed E-state index contributed by atoms with van der Waals surface area (Å²) in [5.74, 6) is -0.758. The Balaban J connectivity index is 1.73. The van der Waals surface area contributed by atoms with Crippen molar-refractivity contribution in [3.63, 3.8) is 0 Å². The zero-order valence-corrected chi connectivity index (χ0v) is 19.0. The predicted octanol–water partition coefficient (Wildman–Crippen LogP) is 3.81. The first-order valence-electron chi connectivity index (χ1n) is 10.7. The van der Waals surface area contributed by atoms with Crippen LogP contribution in [0.15, 0.2) is 66.1 Å². The van der Waals surface area contributed by atoms with Crippen molar-refractivity contribution in [2.24, 2.45) is 0 Å². The molecule has 1 fully saturated rings. The Labute approximate surface area is 189 Å². The van der Waals surface area contributed by atoms with Gasteiger partial charge in [0.1, 0.15) is 0 Å². The quantitative estimate of drug-likeness (QED) is 0.592. The Kier molecular flexibility index (Phi) is 7.82. The molecule has 170 valence electrons. The third kappa shape index (κ3) is 5.44. The number of nitrogens with zero attached hydrogens (tertiary/aromatic N) is 1. The summed E-state index contributed by atoms with van der Waals surface area (Å²) in [6.07, 6.45) is 6.53. The van der Waals surface area contributed by atoms with Crippen LogP contribution in [0.4, 0.5) is 5.69 Å². The van der Waals surface area contributed by atoms with Crippen molar-refractivity contribution < 1.29 is 18.0 Å². The highest BCUT2D eigenvalue weighted by Gasteiger charge is 2.29. The molecule has 0 heterocycles. The topological polar surface area (TPSA) is 95.6 Å². The standard InChI is InChI=1S/C24H29N3O4S/c1-3-17-25-24(29)21-11-7-8-12-22(21)26-23(28)18-13-15-20(16-14-18)32(30,31)27(2)19-9-5-4-6-10-19/h3,7-8,11-16,19H,1,4-6,9-10,17H2,2H3,(H,25,29)(H,26,28). The van der Waals surface area contributed by atoms with Crippen LogP contribution in [0.3, 0.4) is 0 Å². The van der Waals surface area contributed by atoms with E-state index in [2.05, 4.69) is 17.2 Å². The maximum atomic E-state index is 13.0. The molecule has 1 aliphatic carbocycles. The summed E-state index contributed by atoms with van der Waals surface area (Å²) in [5, 5.41) is 5.42. The molecule has 3 rings (SSSR count). The van der Waals surface area contributed by atoms with E-state index >= 15 is 0 Å². The van der Waals surface area contributed by atoms with E-state index < -0.39 is 15.9 Å². The van der Waals surface area contributed by atoms with Gasteiger partial charge in [0.2, 0.25) is 10.0 Å². The van der Waals surface area contributed by atoms with Gasteiger partial charge in [-0.25, -0.2) is 8.42 Å². The molecule has 1 aliphatic rings. The third-order valence-electron chi connectivity index (χ3n) is 5.71. The highest BCUT2D eigenvalue weighted by molar-refractivity contribution is 7.89. The smallest absolute Gasteiger partial charge is 0.255 e. The van der Waals surface area contributed by atoms with E-state index in [0.717, 1.165) is 32.1 Å². The van der Waals surface area contributed by atoms with Crippen LogP contribution in [-0.2, 0) is 10.0 Å². The number of benzene rings is 2. The average molecular weight is 456 g/mol. The third-order valence-corrected chi connectivity index (χ3v) is 7.63. The molecule has 0 saturated heterocycles. The van der Waals surface area contributed by atoms with Gasteiger partial charge < -0.3 is 10.6 Å². The fourth-order valence-corrected chi connectivity index (χ4v) is 5.25. The molecular weight excluding hydrogens is 426 g/mol. The van der Waals surface area contributed by atoms with Gasteiger partial charge in [-0.3, -0.25) is 9.59 Å². The molecule has 8 heteroatoms. The molecule has 0 radical (unpaired) electrons. The SMILES string of the molecule is C=CCNC(=O)c1ccccc1NC(=O)c1ccc(S(=O)(=O)N(C)C2CCCCC2)cc1. The Hall–Kier alpha value is -2.97. The van der Waals surface area contributed by atoms with Crippen molar-refractivity contribution in [2.75, 3.05) is 18.9 Å². The van der Waals surface area contributed by atoms with Crippen molar-refractivity contribution in [2.45, 2.75) is 43.0 Å². The second-order valence-electron chi connectivity index (χ2n) is 7.84. The minimum atomic E-state index is -3.63. The lowest BCUT2D eigenvalue weighted by Crippen LogP contribution is -2.38. The molecule has 7 nitrogen and oxygen atoms in total. The molecule has 2 aromatic carbocycles. The van der Waals surface area contributed by atoms with Gasteiger partial charge in [-0.2, -0.15) is 4.31 Å². The Morgan fingerprint density at radius 1 is 1.03 bits per heavy atom. The molecule has 2 aromatic rings. The molecule has 0 aromatic heterocycles. The summed E-state index contributed by atoms with van der Waals surface area (Å²) in [4.78, 5) is 25.2. The lowest BCUT2D eigenvalue weighted by atomic mass is 9.96. The minimum Gasteiger partial charge on any atom is -0.349 e. The molecule has 2 amide bonds. The van der Waals surface area contributed by atoms with Crippen LogP contribution >= 0.6 is 0 Å². The van der Waals surface area contributed by atoms with Crippen molar-refractivity contribution in [3.05, 3.63) is 72.3 Å². The zero-order chi connectivity index (χ0) is 23.1. The van der Waals surface area contributed by atoms with Crippen LogP contribution in [-0.4, -0.2) is 44.2 Å². The highest BCUT2D eigenvalue weighted by atomic mass is 32.2. The van der Waals surface area contributed by atoms with Gasteiger partial charge in [-0.05, 0) is 49.2 Å². The number of amides is 2. The molecule has 0 aliphatic heterocycles. The van der Waals surface area contributed by atoms with E-state index in [-0.39, 0.29) is 16.8 Å². The summed E-state index contributed by atoms with van der Waals surface area (Å²) >= 11 is 0. The van der Waals surface area contributed by atoms with Crippen LogP contribution in [0.25, 0.3) is 0 Å². The summed E-state index contributed by atoms with van der Waals surface area (Å²) in [6.45, 7) is 3.88. The van der Waals surface area contributed by atoms with E-state index in [1.807, 2.05) is 0 Å². The van der Waals surface area contributed by atoms with E-state index in [1.54, 1.807) is 37.4 Å². The Morgan fingerprint density at radius 2 is 1.69 bits per heavy atom. The Bertz CT molecular complexity index is 1070. The van der Waals surface area contributed by atoms with Gasteiger partial charge in [-0.1, -0.05) is 37.5 Å². The number of hydrogen-bond donors (Lipinski definition) is 2.